The van der Waals surface area contributed by atoms with E-state index in [-0.39, 0.29) is 52.3 Å². The van der Waals surface area contributed by atoms with Crippen LogP contribution in [0.4, 0.5) is 18.9 Å². The van der Waals surface area contributed by atoms with Crippen LogP contribution in [0.1, 0.15) is 85.7 Å². The maximum Gasteiger partial charge on any atom is 0.405 e. The molecule has 0 unspecified atom stereocenters. The van der Waals surface area contributed by atoms with Gasteiger partial charge in [-0.1, -0.05) is 18.8 Å². The Morgan fingerprint density at radius 2 is 1.82 bits per heavy atom. The van der Waals surface area contributed by atoms with Crippen molar-refractivity contribution in [3.05, 3.63) is 34.4 Å². The Kier molecular flexibility index (Phi) is 8.09. The number of alkyl halides is 3. The number of amides is 1. The molecular formula is C29H32F3N3O4S. The lowest BCUT2D eigenvalue weighted by Gasteiger charge is -2.39. The molecule has 7 nitrogen and oxygen atoms in total. The molecule has 0 aliphatic heterocycles. The molecule has 0 spiro atoms. The van der Waals surface area contributed by atoms with Gasteiger partial charge in [-0.05, 0) is 76.2 Å². The molecule has 0 radical (unpaired) electrons. The van der Waals surface area contributed by atoms with Crippen LogP contribution in [0.15, 0.2) is 24.7 Å². The van der Waals surface area contributed by atoms with E-state index >= 15 is 0 Å². The lowest BCUT2D eigenvalue weighted by molar-refractivity contribution is -0.168. The van der Waals surface area contributed by atoms with E-state index in [0.29, 0.717) is 37.5 Å². The van der Waals surface area contributed by atoms with Gasteiger partial charge < -0.3 is 14.7 Å². The number of anilines is 1. The molecule has 0 bridgehead atoms. The van der Waals surface area contributed by atoms with Crippen molar-refractivity contribution in [2.75, 3.05) is 4.90 Å². The maximum absolute atomic E-state index is 14.0. The minimum atomic E-state index is -4.43. The summed E-state index contributed by atoms with van der Waals surface area (Å²) in [6.07, 6.45) is 4.17. The minimum absolute atomic E-state index is 0.0570. The first-order valence-corrected chi connectivity index (χ1v) is 14.6. The van der Waals surface area contributed by atoms with E-state index in [9.17, 15) is 27.9 Å². The van der Waals surface area contributed by atoms with Crippen LogP contribution in [0.3, 0.4) is 0 Å². The van der Waals surface area contributed by atoms with Crippen LogP contribution < -0.4 is 9.64 Å². The molecule has 214 valence electrons. The van der Waals surface area contributed by atoms with E-state index in [2.05, 4.69) is 28.7 Å². The van der Waals surface area contributed by atoms with Gasteiger partial charge in [-0.25, -0.2) is 14.8 Å². The third kappa shape index (κ3) is 6.12. The molecule has 40 heavy (non-hydrogen) atoms. The fourth-order valence-electron chi connectivity index (χ4n) is 5.70. The monoisotopic (exact) mass is 575 g/mol. The Balaban J connectivity index is 1.42. The summed E-state index contributed by atoms with van der Waals surface area (Å²) in [5.41, 5.74) is -1.78. The summed E-state index contributed by atoms with van der Waals surface area (Å²) in [5.74, 6) is 4.42. The van der Waals surface area contributed by atoms with Crippen molar-refractivity contribution in [3.63, 3.8) is 0 Å². The number of hydrogen-bond acceptors (Lipinski definition) is 6. The second-order valence-electron chi connectivity index (χ2n) is 11.2. The molecule has 3 aliphatic carbocycles. The molecule has 2 aromatic rings. The van der Waals surface area contributed by atoms with Crippen molar-refractivity contribution in [2.45, 2.75) is 89.5 Å². The van der Waals surface area contributed by atoms with Crippen LogP contribution >= 0.6 is 11.3 Å². The zero-order valence-corrected chi connectivity index (χ0v) is 23.1. The van der Waals surface area contributed by atoms with Gasteiger partial charge in [-0.15, -0.1) is 11.3 Å². The lowest BCUT2D eigenvalue weighted by Crippen LogP contribution is -2.47. The summed E-state index contributed by atoms with van der Waals surface area (Å²) in [6.45, 7) is 2.16. The van der Waals surface area contributed by atoms with Crippen LogP contribution in [0.25, 0.3) is 0 Å². The van der Waals surface area contributed by atoms with E-state index in [4.69, 9.17) is 4.74 Å². The number of hydrogen-bond donors (Lipinski definition) is 1. The molecule has 5 rings (SSSR count). The van der Waals surface area contributed by atoms with E-state index < -0.39 is 17.6 Å². The topological polar surface area (TPSA) is 92.6 Å². The molecule has 1 N–H and O–H groups in total. The Bertz CT molecular complexity index is 1280. The molecular weight excluding hydrogens is 543 g/mol. The second-order valence-corrected chi connectivity index (χ2v) is 12.3. The van der Waals surface area contributed by atoms with Gasteiger partial charge in [0.25, 0.3) is 0 Å². The number of thiophene rings is 1. The van der Waals surface area contributed by atoms with Gasteiger partial charge in [0.1, 0.15) is 22.7 Å². The fourth-order valence-corrected chi connectivity index (χ4v) is 6.54. The molecule has 3 fully saturated rings. The van der Waals surface area contributed by atoms with Crippen molar-refractivity contribution in [1.82, 2.24) is 9.97 Å². The SMILES string of the molecule is C[C@H]1CC[C@H](C(=O)N(c2cc(C#CC3(C(F)(F)F)CC3)sc2C(=O)O)[C@H]2CC[C@H](Oc3ccncn3)CC2)CC1. The van der Waals surface area contributed by atoms with Gasteiger partial charge in [0, 0.05) is 24.2 Å². The second kappa shape index (κ2) is 11.4. The summed E-state index contributed by atoms with van der Waals surface area (Å²) in [4.78, 5) is 36.1. The Hall–Kier alpha value is -3.13. The zero-order valence-electron chi connectivity index (χ0n) is 22.2. The third-order valence-corrected chi connectivity index (χ3v) is 9.37. The van der Waals surface area contributed by atoms with E-state index in [1.165, 1.54) is 12.4 Å². The van der Waals surface area contributed by atoms with Gasteiger partial charge in [0.2, 0.25) is 11.8 Å². The molecule has 2 aromatic heterocycles. The average molecular weight is 576 g/mol. The van der Waals surface area contributed by atoms with Gasteiger partial charge in [-0.2, -0.15) is 13.2 Å². The number of carbonyl (C=O) groups excluding carboxylic acids is 1. The highest BCUT2D eigenvalue weighted by atomic mass is 32.1. The molecule has 0 atom stereocenters. The van der Waals surface area contributed by atoms with Crippen molar-refractivity contribution in [3.8, 4) is 17.7 Å². The summed E-state index contributed by atoms with van der Waals surface area (Å²) in [7, 11) is 0. The van der Waals surface area contributed by atoms with Crippen LogP contribution in [0.2, 0.25) is 0 Å². The molecule has 3 aliphatic rings. The number of aromatic carboxylic acids is 1. The largest absolute Gasteiger partial charge is 0.477 e. The number of carboxylic acid groups (broad SMARTS) is 1. The van der Waals surface area contributed by atoms with Crippen LogP contribution in [0.5, 0.6) is 5.88 Å². The Labute approximate surface area is 235 Å². The highest BCUT2D eigenvalue weighted by Gasteiger charge is 2.62. The number of carbonyl (C=O) groups is 2. The quantitative estimate of drug-likeness (QED) is 0.397. The summed E-state index contributed by atoms with van der Waals surface area (Å²) >= 11 is 0.833. The van der Waals surface area contributed by atoms with Crippen LogP contribution in [-0.2, 0) is 4.79 Å². The predicted octanol–water partition coefficient (Wildman–Crippen LogP) is 6.48. The highest BCUT2D eigenvalue weighted by Crippen LogP contribution is 2.57. The number of ether oxygens (including phenoxy) is 1. The van der Waals surface area contributed by atoms with Crippen molar-refractivity contribution in [1.29, 1.82) is 0 Å². The van der Waals surface area contributed by atoms with Crippen molar-refractivity contribution >= 4 is 28.9 Å². The molecule has 0 aromatic carbocycles. The molecule has 3 saturated carbocycles. The predicted molar refractivity (Wildman–Crippen MR) is 143 cm³/mol. The van der Waals surface area contributed by atoms with Gasteiger partial charge in [-0.3, -0.25) is 4.79 Å². The molecule has 0 saturated heterocycles. The zero-order chi connectivity index (χ0) is 28.5. The molecule has 1 amide bonds. The summed E-state index contributed by atoms with van der Waals surface area (Å²) < 4.78 is 46.3. The van der Waals surface area contributed by atoms with E-state index in [1.807, 2.05) is 0 Å². The summed E-state index contributed by atoms with van der Waals surface area (Å²) in [5, 5.41) is 10.0. The Morgan fingerprint density at radius 1 is 1.12 bits per heavy atom. The van der Waals surface area contributed by atoms with E-state index in [0.717, 1.165) is 37.0 Å². The van der Waals surface area contributed by atoms with Crippen LogP contribution in [0, 0.1) is 29.1 Å². The van der Waals surface area contributed by atoms with Crippen molar-refractivity contribution in [2.24, 2.45) is 17.3 Å². The highest BCUT2D eigenvalue weighted by molar-refractivity contribution is 7.15. The first-order chi connectivity index (χ1) is 19.1. The first kappa shape index (κ1) is 28.4. The third-order valence-electron chi connectivity index (χ3n) is 8.34. The minimum Gasteiger partial charge on any atom is -0.477 e. The van der Waals surface area contributed by atoms with Crippen molar-refractivity contribution < 1.29 is 32.6 Å². The van der Waals surface area contributed by atoms with Gasteiger partial charge in [0.05, 0.1) is 10.6 Å². The van der Waals surface area contributed by atoms with Gasteiger partial charge in [0.15, 0.2) is 0 Å². The molecule has 2 heterocycles. The number of halogens is 3. The Morgan fingerprint density at radius 3 is 2.40 bits per heavy atom. The smallest absolute Gasteiger partial charge is 0.405 e. The van der Waals surface area contributed by atoms with Gasteiger partial charge >= 0.3 is 12.1 Å². The lowest BCUT2D eigenvalue weighted by atomic mass is 9.81. The fraction of sp³-hybridized carbons (Fsp3) is 0.586. The number of nitrogens with zero attached hydrogens (tertiary/aromatic N) is 3. The standard InChI is InChI=1S/C29H32F3N3O4S/c1-18-2-4-19(5-3-18)26(36)35(20-6-8-21(9-7-20)39-24-11-15-33-17-34-24)23-16-22(40-25(23)27(37)38)10-12-28(13-14-28)29(30,31)32/h11,15-21H,2-9,13-14H2,1H3,(H,37,38)/t18-,19-,20-,21-. The number of carboxylic acids is 1. The summed E-state index contributed by atoms with van der Waals surface area (Å²) in [6, 6.07) is 2.93. The van der Waals surface area contributed by atoms with Crippen LogP contribution in [-0.4, -0.2) is 45.3 Å². The average Bonchev–Trinajstić information content (AvgIpc) is 3.63. The number of rotatable bonds is 6. The maximum atomic E-state index is 14.0. The number of aromatic nitrogens is 2. The molecule has 11 heteroatoms. The first-order valence-electron chi connectivity index (χ1n) is 13.8. The normalized spacial score (nSPS) is 25.8. The van der Waals surface area contributed by atoms with E-state index in [1.54, 1.807) is 17.2 Å².